The van der Waals surface area contributed by atoms with Crippen LogP contribution in [0.25, 0.3) is 0 Å². The Morgan fingerprint density at radius 1 is 1.26 bits per heavy atom. The van der Waals surface area contributed by atoms with Crippen molar-refractivity contribution in [2.24, 2.45) is 11.8 Å². The summed E-state index contributed by atoms with van der Waals surface area (Å²) in [5, 5.41) is 6.13. The summed E-state index contributed by atoms with van der Waals surface area (Å²) in [5.74, 6) is 0.547. The molecule has 1 aromatic carbocycles. The van der Waals surface area contributed by atoms with Gasteiger partial charge >= 0.3 is 0 Å². The zero-order valence-electron chi connectivity index (χ0n) is 12.5. The first-order valence-corrected chi connectivity index (χ1v) is 7.03. The van der Waals surface area contributed by atoms with Crippen molar-refractivity contribution < 1.29 is 4.79 Å². The highest BCUT2D eigenvalue weighted by Gasteiger charge is 2.20. The summed E-state index contributed by atoms with van der Waals surface area (Å²) in [6, 6.07) is 8.31. The molecule has 1 atom stereocenters. The monoisotopic (exact) mass is 262 g/mol. The molecule has 0 radical (unpaired) electrons. The normalized spacial score (nSPS) is 12.5. The third-order valence-corrected chi connectivity index (χ3v) is 3.52. The van der Waals surface area contributed by atoms with Crippen molar-refractivity contribution in [2.45, 2.75) is 27.2 Å². The minimum Gasteiger partial charge on any atom is -0.355 e. The number of aryl methyl sites for hydroxylation is 1. The number of amides is 1. The fraction of sp³-hybridized carbons (Fsp3) is 0.562. The topological polar surface area (TPSA) is 41.1 Å². The van der Waals surface area contributed by atoms with Crippen LogP contribution in [-0.2, 0) is 11.2 Å². The molecule has 1 amide bonds. The van der Waals surface area contributed by atoms with Crippen LogP contribution in [0.5, 0.6) is 0 Å². The number of benzene rings is 1. The Morgan fingerprint density at radius 2 is 1.95 bits per heavy atom. The van der Waals surface area contributed by atoms with Gasteiger partial charge in [0.1, 0.15) is 0 Å². The summed E-state index contributed by atoms with van der Waals surface area (Å²) < 4.78 is 0. The maximum Gasteiger partial charge on any atom is 0.224 e. The largest absolute Gasteiger partial charge is 0.355 e. The van der Waals surface area contributed by atoms with Crippen LogP contribution in [0.2, 0.25) is 0 Å². The fourth-order valence-corrected chi connectivity index (χ4v) is 2.19. The molecule has 1 rings (SSSR count). The van der Waals surface area contributed by atoms with Gasteiger partial charge in [-0.1, -0.05) is 38.1 Å². The van der Waals surface area contributed by atoms with Gasteiger partial charge in [-0.05, 0) is 37.4 Å². The molecular weight excluding hydrogens is 236 g/mol. The lowest BCUT2D eigenvalue weighted by atomic mass is 9.95. The van der Waals surface area contributed by atoms with Crippen molar-refractivity contribution >= 4 is 5.91 Å². The average molecular weight is 262 g/mol. The summed E-state index contributed by atoms with van der Waals surface area (Å²) in [7, 11) is 1.88. The van der Waals surface area contributed by atoms with Crippen LogP contribution >= 0.6 is 0 Å². The molecule has 19 heavy (non-hydrogen) atoms. The van der Waals surface area contributed by atoms with E-state index in [4.69, 9.17) is 0 Å². The van der Waals surface area contributed by atoms with E-state index < -0.39 is 0 Å². The molecular formula is C16H26N2O. The van der Waals surface area contributed by atoms with Crippen molar-refractivity contribution in [1.82, 2.24) is 10.6 Å². The van der Waals surface area contributed by atoms with Crippen LogP contribution in [0.1, 0.15) is 25.0 Å². The van der Waals surface area contributed by atoms with Crippen molar-refractivity contribution in [1.29, 1.82) is 0 Å². The summed E-state index contributed by atoms with van der Waals surface area (Å²) in [6.07, 6.45) is 0.892. The van der Waals surface area contributed by atoms with E-state index >= 15 is 0 Å². The van der Waals surface area contributed by atoms with Gasteiger partial charge in [0.25, 0.3) is 0 Å². The van der Waals surface area contributed by atoms with E-state index in [1.807, 2.05) is 19.2 Å². The van der Waals surface area contributed by atoms with Crippen LogP contribution in [0.3, 0.4) is 0 Å². The number of hydrogen-bond donors (Lipinski definition) is 2. The van der Waals surface area contributed by atoms with Crippen LogP contribution in [0, 0.1) is 18.8 Å². The standard InChI is InChI=1S/C16H26N2O/c1-12(2)15(11-17-4)16(19)18-10-9-14-8-6-5-7-13(14)3/h5-8,12,15,17H,9-11H2,1-4H3,(H,18,19). The molecule has 3 heteroatoms. The number of carbonyl (C=O) groups excluding carboxylic acids is 1. The lowest BCUT2D eigenvalue weighted by Gasteiger charge is -2.20. The molecule has 0 aliphatic carbocycles. The van der Waals surface area contributed by atoms with E-state index in [0.29, 0.717) is 12.5 Å². The lowest BCUT2D eigenvalue weighted by molar-refractivity contribution is -0.126. The van der Waals surface area contributed by atoms with E-state index in [-0.39, 0.29) is 11.8 Å². The Kier molecular flexibility index (Phi) is 6.57. The Morgan fingerprint density at radius 3 is 2.53 bits per heavy atom. The zero-order chi connectivity index (χ0) is 14.3. The van der Waals surface area contributed by atoms with Gasteiger partial charge < -0.3 is 10.6 Å². The Bertz CT molecular complexity index is 401. The Labute approximate surface area is 116 Å². The van der Waals surface area contributed by atoms with Gasteiger partial charge in [-0.2, -0.15) is 0 Å². The molecule has 0 saturated carbocycles. The first-order chi connectivity index (χ1) is 9.06. The van der Waals surface area contributed by atoms with Crippen molar-refractivity contribution in [3.05, 3.63) is 35.4 Å². The van der Waals surface area contributed by atoms with Crippen LogP contribution < -0.4 is 10.6 Å². The van der Waals surface area contributed by atoms with Gasteiger partial charge in [-0.25, -0.2) is 0 Å². The van der Waals surface area contributed by atoms with Gasteiger partial charge in [-0.15, -0.1) is 0 Å². The van der Waals surface area contributed by atoms with Gasteiger partial charge in [0.15, 0.2) is 0 Å². The molecule has 0 spiro atoms. The molecule has 0 bridgehead atoms. The first kappa shape index (κ1) is 15.7. The maximum absolute atomic E-state index is 12.1. The molecule has 0 heterocycles. The third-order valence-electron chi connectivity index (χ3n) is 3.52. The van der Waals surface area contributed by atoms with Gasteiger partial charge in [0.05, 0.1) is 5.92 Å². The van der Waals surface area contributed by atoms with Crippen molar-refractivity contribution in [3.63, 3.8) is 0 Å². The lowest BCUT2D eigenvalue weighted by Crippen LogP contribution is -2.39. The number of rotatable bonds is 7. The van der Waals surface area contributed by atoms with Crippen LogP contribution in [0.4, 0.5) is 0 Å². The second-order valence-corrected chi connectivity index (χ2v) is 5.38. The van der Waals surface area contributed by atoms with Gasteiger partial charge in [-0.3, -0.25) is 4.79 Å². The van der Waals surface area contributed by atoms with E-state index in [9.17, 15) is 4.79 Å². The van der Waals surface area contributed by atoms with E-state index in [1.165, 1.54) is 11.1 Å². The second-order valence-electron chi connectivity index (χ2n) is 5.38. The number of nitrogens with one attached hydrogen (secondary N) is 2. The van der Waals surface area contributed by atoms with Crippen molar-refractivity contribution in [2.75, 3.05) is 20.1 Å². The summed E-state index contributed by atoms with van der Waals surface area (Å²) in [6.45, 7) is 7.71. The molecule has 0 aliphatic rings. The number of carbonyl (C=O) groups is 1. The first-order valence-electron chi connectivity index (χ1n) is 7.03. The molecule has 0 aliphatic heterocycles. The van der Waals surface area contributed by atoms with Crippen LogP contribution in [0.15, 0.2) is 24.3 Å². The fourth-order valence-electron chi connectivity index (χ4n) is 2.19. The molecule has 2 N–H and O–H groups in total. The minimum absolute atomic E-state index is 0.0434. The minimum atomic E-state index is 0.0434. The van der Waals surface area contributed by atoms with Crippen LogP contribution in [-0.4, -0.2) is 26.0 Å². The second kappa shape index (κ2) is 7.95. The quantitative estimate of drug-likeness (QED) is 0.790. The Hall–Kier alpha value is -1.35. The van der Waals surface area contributed by atoms with Gasteiger partial charge in [0.2, 0.25) is 5.91 Å². The molecule has 0 saturated heterocycles. The molecule has 0 aromatic heterocycles. The number of hydrogen-bond acceptors (Lipinski definition) is 2. The molecule has 1 unspecified atom stereocenters. The molecule has 106 valence electrons. The SMILES string of the molecule is CNCC(C(=O)NCCc1ccccc1C)C(C)C. The van der Waals surface area contributed by atoms with E-state index in [2.05, 4.69) is 43.5 Å². The predicted molar refractivity (Wildman–Crippen MR) is 80.1 cm³/mol. The highest BCUT2D eigenvalue weighted by molar-refractivity contribution is 5.79. The molecule has 1 aromatic rings. The van der Waals surface area contributed by atoms with Crippen molar-refractivity contribution in [3.8, 4) is 0 Å². The molecule has 0 fully saturated rings. The molecule has 3 nitrogen and oxygen atoms in total. The summed E-state index contributed by atoms with van der Waals surface area (Å²) in [4.78, 5) is 12.1. The van der Waals surface area contributed by atoms with E-state index in [1.54, 1.807) is 0 Å². The zero-order valence-corrected chi connectivity index (χ0v) is 12.5. The third kappa shape index (κ3) is 5.03. The maximum atomic E-state index is 12.1. The summed E-state index contributed by atoms with van der Waals surface area (Å²) in [5.41, 5.74) is 2.59. The average Bonchev–Trinajstić information content (AvgIpc) is 2.37. The highest BCUT2D eigenvalue weighted by atomic mass is 16.1. The van der Waals surface area contributed by atoms with E-state index in [0.717, 1.165) is 13.0 Å². The highest BCUT2D eigenvalue weighted by Crippen LogP contribution is 2.10. The smallest absolute Gasteiger partial charge is 0.224 e. The predicted octanol–water partition coefficient (Wildman–Crippen LogP) is 2.15. The van der Waals surface area contributed by atoms with Gasteiger partial charge in [0, 0.05) is 13.1 Å². The summed E-state index contributed by atoms with van der Waals surface area (Å²) >= 11 is 0. The Balaban J connectivity index is 2.44.